The van der Waals surface area contributed by atoms with Gasteiger partial charge in [0.15, 0.2) is 0 Å². The first-order valence-corrected chi connectivity index (χ1v) is 13.0. The van der Waals surface area contributed by atoms with E-state index in [1.165, 1.54) is 21.5 Å². The third-order valence-corrected chi connectivity index (χ3v) is 7.23. The van der Waals surface area contributed by atoms with E-state index in [1.54, 1.807) is 23.5 Å². The van der Waals surface area contributed by atoms with Crippen LogP contribution in [0.4, 0.5) is 5.69 Å². The highest BCUT2D eigenvalue weighted by molar-refractivity contribution is 7.10. The quantitative estimate of drug-likeness (QED) is 0.437. The van der Waals surface area contributed by atoms with Gasteiger partial charge in [-0.05, 0) is 54.6 Å². The number of para-hydroxylation sites is 1. The molecule has 2 aliphatic heterocycles. The zero-order valence-electron chi connectivity index (χ0n) is 20.5. The lowest BCUT2D eigenvalue weighted by molar-refractivity contribution is -0.229. The van der Waals surface area contributed by atoms with Crippen LogP contribution in [-0.2, 0) is 25.6 Å². The van der Waals surface area contributed by atoms with Crippen molar-refractivity contribution in [2.24, 2.45) is 0 Å². The summed E-state index contributed by atoms with van der Waals surface area (Å²) < 4.78 is 11.2. The molecule has 190 valence electrons. The summed E-state index contributed by atoms with van der Waals surface area (Å²) in [4.78, 5) is 28.3. The van der Waals surface area contributed by atoms with Gasteiger partial charge >= 0.3 is 0 Å². The Labute approximate surface area is 219 Å². The standard InChI is InChI=1S/C15H14N2S.C13H14N2O4/c1-11-14(7-9-18-11)17-10-12-6-8-16-15-5-3-2-4-13(12)15;16-8-14-9-2-4-10-11(5-3-9)15-12(17)13(10)18-6-1-7-19-13/h2-9,17H,10H2,1H3;3-5,8H,1-2,6-7H2,(H,14,16)(H,15,17). The van der Waals surface area contributed by atoms with E-state index in [0.717, 1.165) is 24.2 Å². The van der Waals surface area contributed by atoms with Gasteiger partial charge in [-0.25, -0.2) is 0 Å². The first-order valence-electron chi connectivity index (χ1n) is 12.1. The lowest BCUT2D eigenvalue weighted by atomic mass is 10.0. The Morgan fingerprint density at radius 2 is 2.00 bits per heavy atom. The Kier molecular flexibility index (Phi) is 7.45. The molecule has 2 aromatic heterocycles. The van der Waals surface area contributed by atoms with Crippen LogP contribution in [0.1, 0.15) is 23.3 Å². The largest absolute Gasteiger partial charge is 0.380 e. The molecule has 3 aromatic rings. The van der Waals surface area contributed by atoms with E-state index in [-0.39, 0.29) is 5.91 Å². The molecule has 4 heterocycles. The van der Waals surface area contributed by atoms with E-state index in [9.17, 15) is 9.59 Å². The van der Waals surface area contributed by atoms with Crippen molar-refractivity contribution >= 4 is 40.2 Å². The highest BCUT2D eigenvalue weighted by atomic mass is 32.1. The van der Waals surface area contributed by atoms with Crippen LogP contribution >= 0.6 is 11.3 Å². The minimum Gasteiger partial charge on any atom is -0.380 e. The van der Waals surface area contributed by atoms with Crippen LogP contribution in [-0.4, -0.2) is 36.3 Å². The number of hydrogen-bond acceptors (Lipinski definition) is 7. The molecule has 0 radical (unpaired) electrons. The minimum atomic E-state index is -1.31. The summed E-state index contributed by atoms with van der Waals surface area (Å²) in [5.74, 6) is -1.60. The molecule has 0 atom stereocenters. The zero-order valence-corrected chi connectivity index (χ0v) is 21.3. The molecule has 0 saturated carbocycles. The van der Waals surface area contributed by atoms with E-state index < -0.39 is 5.79 Å². The average molecular weight is 517 g/mol. The van der Waals surface area contributed by atoms with Crippen molar-refractivity contribution in [3.63, 3.8) is 0 Å². The number of allylic oxidation sites excluding steroid dienone is 3. The van der Waals surface area contributed by atoms with Gasteiger partial charge < -0.3 is 25.4 Å². The maximum atomic E-state index is 12.1. The van der Waals surface area contributed by atoms with Crippen LogP contribution in [0.5, 0.6) is 0 Å². The van der Waals surface area contributed by atoms with Crippen molar-refractivity contribution in [3.05, 3.63) is 93.6 Å². The number of aromatic nitrogens is 1. The smallest absolute Gasteiger partial charge is 0.289 e. The SMILES string of the molecule is Cc1sccc1NCc1ccnc2ccccc12.O=CNC1=CC=C2NC(=O)C3(OCCCO3)C2=CC1. The fourth-order valence-electron chi connectivity index (χ4n) is 4.48. The molecule has 1 spiro atoms. The topological polar surface area (TPSA) is 102 Å². The predicted octanol–water partition coefficient (Wildman–Crippen LogP) is 4.31. The number of pyridine rings is 1. The molecule has 3 aliphatic rings. The van der Waals surface area contributed by atoms with Crippen LogP contribution in [0.25, 0.3) is 10.9 Å². The van der Waals surface area contributed by atoms with Crippen molar-refractivity contribution in [1.82, 2.24) is 15.6 Å². The number of nitrogens with one attached hydrogen (secondary N) is 3. The molecule has 0 bridgehead atoms. The average Bonchev–Trinajstić information content (AvgIpc) is 3.36. The first kappa shape index (κ1) is 24.9. The highest BCUT2D eigenvalue weighted by Gasteiger charge is 2.53. The second-order valence-electron chi connectivity index (χ2n) is 8.71. The summed E-state index contributed by atoms with van der Waals surface area (Å²) in [6.07, 6.45) is 9.15. The van der Waals surface area contributed by atoms with Gasteiger partial charge in [-0.15, -0.1) is 11.3 Å². The Bertz CT molecular complexity index is 1400. The number of fused-ring (bicyclic) bond motifs is 3. The first-order chi connectivity index (χ1) is 18.1. The number of anilines is 1. The summed E-state index contributed by atoms with van der Waals surface area (Å²) in [5, 5.41) is 12.2. The number of amides is 2. The number of aryl methyl sites for hydroxylation is 1. The van der Waals surface area contributed by atoms with Crippen molar-refractivity contribution in [2.45, 2.75) is 32.1 Å². The zero-order chi connectivity index (χ0) is 25.7. The van der Waals surface area contributed by atoms with Gasteiger partial charge in [0.1, 0.15) is 0 Å². The number of hydrogen-bond donors (Lipinski definition) is 3. The van der Waals surface area contributed by atoms with Gasteiger partial charge in [-0.3, -0.25) is 14.6 Å². The van der Waals surface area contributed by atoms with Crippen molar-refractivity contribution in [3.8, 4) is 0 Å². The third-order valence-electron chi connectivity index (χ3n) is 6.38. The van der Waals surface area contributed by atoms with Crippen LogP contribution < -0.4 is 16.0 Å². The van der Waals surface area contributed by atoms with Crippen molar-refractivity contribution in [2.75, 3.05) is 18.5 Å². The molecule has 2 amide bonds. The van der Waals surface area contributed by atoms with Gasteiger partial charge in [0, 0.05) is 52.1 Å². The van der Waals surface area contributed by atoms with Crippen LogP contribution in [0.3, 0.4) is 0 Å². The third kappa shape index (κ3) is 5.20. The summed E-state index contributed by atoms with van der Waals surface area (Å²) in [6.45, 7) is 3.95. The molecule has 0 unspecified atom stereocenters. The number of thiophene rings is 1. The number of benzene rings is 1. The Morgan fingerprint density at radius 1 is 1.16 bits per heavy atom. The summed E-state index contributed by atoms with van der Waals surface area (Å²) >= 11 is 1.77. The minimum absolute atomic E-state index is 0.287. The molecule has 1 aliphatic carbocycles. The molecule has 6 rings (SSSR count). The second-order valence-corrected chi connectivity index (χ2v) is 9.83. The number of ether oxygens (including phenoxy) is 2. The maximum absolute atomic E-state index is 12.1. The molecule has 9 heteroatoms. The Morgan fingerprint density at radius 3 is 2.78 bits per heavy atom. The summed E-state index contributed by atoms with van der Waals surface area (Å²) in [5.41, 5.74) is 5.67. The number of rotatable bonds is 5. The van der Waals surface area contributed by atoms with Gasteiger partial charge in [0.25, 0.3) is 11.7 Å². The van der Waals surface area contributed by atoms with E-state index in [2.05, 4.69) is 63.6 Å². The highest BCUT2D eigenvalue weighted by Crippen LogP contribution is 2.38. The van der Waals surface area contributed by atoms with Crippen molar-refractivity contribution < 1.29 is 19.1 Å². The van der Waals surface area contributed by atoms with Crippen molar-refractivity contribution in [1.29, 1.82) is 0 Å². The van der Waals surface area contributed by atoms with Gasteiger partial charge in [0.2, 0.25) is 6.41 Å². The van der Waals surface area contributed by atoms with E-state index in [0.29, 0.717) is 37.3 Å². The van der Waals surface area contributed by atoms with E-state index >= 15 is 0 Å². The molecular formula is C28H28N4O4S. The maximum Gasteiger partial charge on any atom is 0.289 e. The molecule has 1 aromatic carbocycles. The van der Waals surface area contributed by atoms with Crippen LogP contribution in [0, 0.1) is 6.92 Å². The molecule has 2 fully saturated rings. The lowest BCUT2D eigenvalue weighted by Crippen LogP contribution is -2.47. The Hall–Kier alpha value is -3.79. The second kappa shape index (κ2) is 11.1. The van der Waals surface area contributed by atoms with E-state index in [1.807, 2.05) is 18.3 Å². The number of carbonyl (C=O) groups excluding carboxylic acids is 2. The molecule has 3 N–H and O–H groups in total. The molecular weight excluding hydrogens is 488 g/mol. The normalized spacial score (nSPS) is 17.9. The monoisotopic (exact) mass is 516 g/mol. The number of nitrogens with zero attached hydrogens (tertiary/aromatic N) is 1. The summed E-state index contributed by atoms with van der Waals surface area (Å²) in [6, 6.07) is 12.5. The van der Waals surface area contributed by atoms with Crippen LogP contribution in [0.15, 0.2) is 83.2 Å². The fraction of sp³-hybridized carbons (Fsp3) is 0.250. The summed E-state index contributed by atoms with van der Waals surface area (Å²) in [7, 11) is 0. The predicted molar refractivity (Wildman–Crippen MR) is 144 cm³/mol. The molecule has 37 heavy (non-hydrogen) atoms. The van der Waals surface area contributed by atoms with Gasteiger partial charge in [0.05, 0.1) is 18.7 Å². The fourth-order valence-corrected chi connectivity index (χ4v) is 5.16. The lowest BCUT2D eigenvalue weighted by Gasteiger charge is -2.31. The van der Waals surface area contributed by atoms with Gasteiger partial charge in [-0.1, -0.05) is 24.3 Å². The Balaban J connectivity index is 0.000000152. The van der Waals surface area contributed by atoms with Gasteiger partial charge in [-0.2, -0.15) is 0 Å². The van der Waals surface area contributed by atoms with E-state index in [4.69, 9.17) is 9.47 Å². The molecule has 8 nitrogen and oxygen atoms in total. The number of carbonyl (C=O) groups is 2. The van der Waals surface area contributed by atoms with Crippen LogP contribution in [0.2, 0.25) is 0 Å². The molecule has 2 saturated heterocycles.